The molecule has 0 radical (unpaired) electrons. The predicted octanol–water partition coefficient (Wildman–Crippen LogP) is 2.24. The summed E-state index contributed by atoms with van der Waals surface area (Å²) in [5, 5.41) is 0. The van der Waals surface area contributed by atoms with E-state index in [9.17, 15) is 14.4 Å². The van der Waals surface area contributed by atoms with Crippen LogP contribution in [-0.4, -0.2) is 41.3 Å². The molecule has 3 amide bonds. The molecule has 1 fully saturated rings. The zero-order valence-corrected chi connectivity index (χ0v) is 17.1. The van der Waals surface area contributed by atoms with Crippen LogP contribution >= 0.6 is 0 Å². The third-order valence-corrected chi connectivity index (χ3v) is 5.18. The summed E-state index contributed by atoms with van der Waals surface area (Å²) in [5.74, 6) is -0.913. The Morgan fingerprint density at radius 3 is 2.57 bits per heavy atom. The van der Waals surface area contributed by atoms with Crippen molar-refractivity contribution >= 4 is 17.7 Å². The van der Waals surface area contributed by atoms with E-state index >= 15 is 0 Å². The minimum atomic E-state index is -0.619. The Morgan fingerprint density at radius 1 is 1.17 bits per heavy atom. The Labute approximate surface area is 175 Å². The highest BCUT2D eigenvalue weighted by molar-refractivity contribution is 5.95. The number of ether oxygens (including phenoxy) is 1. The molecule has 158 valence electrons. The number of likely N-dealkylation sites (tertiary alicyclic amines) is 1. The van der Waals surface area contributed by atoms with E-state index < -0.39 is 23.8 Å². The van der Waals surface area contributed by atoms with Gasteiger partial charge in [-0.3, -0.25) is 30.2 Å². The molecule has 30 heavy (non-hydrogen) atoms. The average Bonchev–Trinajstić information content (AvgIpc) is 3.12. The van der Waals surface area contributed by atoms with Crippen LogP contribution in [0.2, 0.25) is 0 Å². The van der Waals surface area contributed by atoms with Gasteiger partial charge < -0.3 is 9.64 Å². The fourth-order valence-electron chi connectivity index (χ4n) is 3.60. The molecule has 1 saturated heterocycles. The third kappa shape index (κ3) is 4.76. The molecule has 0 aliphatic carbocycles. The molecule has 2 heterocycles. The summed E-state index contributed by atoms with van der Waals surface area (Å²) in [4.78, 5) is 43.5. The molecule has 8 nitrogen and oxygen atoms in total. The Balaban J connectivity index is 1.76. The van der Waals surface area contributed by atoms with Gasteiger partial charge in [-0.2, -0.15) is 0 Å². The highest BCUT2D eigenvalue weighted by Gasteiger charge is 2.44. The number of nitrogens with one attached hydrogen (secondary N) is 2. The summed E-state index contributed by atoms with van der Waals surface area (Å²) in [6, 6.07) is 11.9. The summed E-state index contributed by atoms with van der Waals surface area (Å²) in [6.07, 6.45) is 3.38. The van der Waals surface area contributed by atoms with Crippen LogP contribution in [0.5, 0.6) is 5.75 Å². The predicted molar refractivity (Wildman–Crippen MR) is 110 cm³/mol. The molecule has 2 aromatic rings. The van der Waals surface area contributed by atoms with Crippen LogP contribution in [0.1, 0.15) is 48.3 Å². The molecule has 1 aromatic heterocycles. The molecule has 1 aliphatic heterocycles. The van der Waals surface area contributed by atoms with Crippen molar-refractivity contribution in [3.05, 3.63) is 59.9 Å². The highest BCUT2D eigenvalue weighted by atomic mass is 16.5. The van der Waals surface area contributed by atoms with Gasteiger partial charge in [-0.05, 0) is 36.2 Å². The summed E-state index contributed by atoms with van der Waals surface area (Å²) in [6.45, 7) is 2.64. The number of methoxy groups -OCH3 is 1. The fourth-order valence-corrected chi connectivity index (χ4v) is 3.60. The van der Waals surface area contributed by atoms with E-state index in [1.54, 1.807) is 30.2 Å². The molecule has 1 aromatic carbocycles. The van der Waals surface area contributed by atoms with Gasteiger partial charge in [-0.15, -0.1) is 0 Å². The van der Waals surface area contributed by atoms with Crippen molar-refractivity contribution in [2.75, 3.05) is 13.7 Å². The van der Waals surface area contributed by atoms with Crippen molar-refractivity contribution in [1.29, 1.82) is 0 Å². The number of hydrogen-bond donors (Lipinski definition) is 2. The van der Waals surface area contributed by atoms with Crippen molar-refractivity contribution in [2.24, 2.45) is 5.92 Å². The number of pyridine rings is 1. The molecule has 2 atom stereocenters. The van der Waals surface area contributed by atoms with E-state index in [4.69, 9.17) is 4.74 Å². The lowest BCUT2D eigenvalue weighted by molar-refractivity contribution is -0.129. The second-order valence-corrected chi connectivity index (χ2v) is 7.13. The Morgan fingerprint density at radius 2 is 1.93 bits per heavy atom. The van der Waals surface area contributed by atoms with Crippen molar-refractivity contribution in [1.82, 2.24) is 20.7 Å². The van der Waals surface area contributed by atoms with Crippen molar-refractivity contribution in [3.8, 4) is 5.75 Å². The second-order valence-electron chi connectivity index (χ2n) is 7.13. The summed E-state index contributed by atoms with van der Waals surface area (Å²) in [5.41, 5.74) is 5.90. The number of nitrogens with zero attached hydrogens (tertiary/aromatic N) is 2. The quantitative estimate of drug-likeness (QED) is 0.682. The maximum atomic E-state index is 12.9. The monoisotopic (exact) mass is 410 g/mol. The molecule has 1 aliphatic rings. The second kappa shape index (κ2) is 9.87. The van der Waals surface area contributed by atoms with Gasteiger partial charge in [0.05, 0.1) is 19.1 Å². The number of hydrazine groups is 1. The first-order valence-corrected chi connectivity index (χ1v) is 9.99. The third-order valence-electron chi connectivity index (χ3n) is 5.18. The molecule has 0 spiro atoms. The molecule has 0 bridgehead atoms. The van der Waals surface area contributed by atoms with Gasteiger partial charge in [0.1, 0.15) is 11.4 Å². The van der Waals surface area contributed by atoms with Gasteiger partial charge in [0.25, 0.3) is 5.91 Å². The van der Waals surface area contributed by atoms with Crippen molar-refractivity contribution in [3.63, 3.8) is 0 Å². The number of hydrogen-bond acceptors (Lipinski definition) is 5. The molecular weight excluding hydrogens is 384 g/mol. The van der Waals surface area contributed by atoms with Crippen LogP contribution in [0.3, 0.4) is 0 Å². The molecule has 2 N–H and O–H groups in total. The molecule has 2 unspecified atom stereocenters. The van der Waals surface area contributed by atoms with Crippen LogP contribution in [0, 0.1) is 5.92 Å². The van der Waals surface area contributed by atoms with E-state index in [0.717, 1.165) is 18.4 Å². The first-order chi connectivity index (χ1) is 14.5. The number of unbranched alkanes of at least 4 members (excludes halogenated alkanes) is 1. The average molecular weight is 410 g/mol. The number of rotatable bonds is 7. The maximum absolute atomic E-state index is 12.9. The molecular formula is C22H26N4O4. The molecule has 0 saturated carbocycles. The molecule has 3 rings (SSSR count). The van der Waals surface area contributed by atoms with Crippen LogP contribution in [0.4, 0.5) is 0 Å². The summed E-state index contributed by atoms with van der Waals surface area (Å²) >= 11 is 0. The zero-order chi connectivity index (χ0) is 21.5. The van der Waals surface area contributed by atoms with Crippen LogP contribution in [0.15, 0.2) is 48.7 Å². The lowest BCUT2D eigenvalue weighted by Crippen LogP contribution is -2.46. The van der Waals surface area contributed by atoms with Gasteiger partial charge in [0, 0.05) is 19.2 Å². The Kier molecular flexibility index (Phi) is 7.00. The number of aromatic nitrogens is 1. The van der Waals surface area contributed by atoms with Crippen LogP contribution in [-0.2, 0) is 9.59 Å². The standard InChI is InChI=1S/C22H26N4O4/c1-3-4-13-26-19(27)14-17(20(26)15-8-10-16(30-2)11-9-15)21(28)24-25-22(29)18-7-5-6-12-23-18/h5-12,17,20H,3-4,13-14H2,1-2H3,(H,24,28)(H,25,29). The minimum absolute atomic E-state index is 0.0690. The Bertz CT molecular complexity index is 886. The Hall–Kier alpha value is -3.42. The van der Waals surface area contributed by atoms with E-state index in [2.05, 4.69) is 22.8 Å². The minimum Gasteiger partial charge on any atom is -0.497 e. The van der Waals surface area contributed by atoms with E-state index in [1.807, 2.05) is 24.3 Å². The van der Waals surface area contributed by atoms with E-state index in [-0.39, 0.29) is 18.0 Å². The largest absolute Gasteiger partial charge is 0.497 e. The fraction of sp³-hybridized carbons (Fsp3) is 0.364. The van der Waals surface area contributed by atoms with Crippen molar-refractivity contribution < 1.29 is 19.1 Å². The van der Waals surface area contributed by atoms with Gasteiger partial charge in [0.2, 0.25) is 11.8 Å². The summed E-state index contributed by atoms with van der Waals surface area (Å²) in [7, 11) is 1.59. The first kappa shape index (κ1) is 21.3. The van der Waals surface area contributed by atoms with Gasteiger partial charge in [0.15, 0.2) is 0 Å². The lowest BCUT2D eigenvalue weighted by Gasteiger charge is -2.28. The normalized spacial score (nSPS) is 18.2. The topological polar surface area (TPSA) is 101 Å². The van der Waals surface area contributed by atoms with E-state index in [0.29, 0.717) is 12.3 Å². The lowest BCUT2D eigenvalue weighted by atomic mass is 9.93. The SMILES string of the molecule is CCCCN1C(=O)CC(C(=O)NNC(=O)c2ccccn2)C1c1ccc(OC)cc1. The smallest absolute Gasteiger partial charge is 0.288 e. The number of carbonyl (C=O) groups is 3. The van der Waals surface area contributed by atoms with Crippen LogP contribution in [0.25, 0.3) is 0 Å². The number of benzene rings is 1. The maximum Gasteiger partial charge on any atom is 0.288 e. The molecule has 8 heteroatoms. The van der Waals surface area contributed by atoms with Gasteiger partial charge in [-0.1, -0.05) is 31.5 Å². The number of carbonyl (C=O) groups excluding carboxylic acids is 3. The number of amides is 3. The van der Waals surface area contributed by atoms with Crippen molar-refractivity contribution in [2.45, 2.75) is 32.2 Å². The van der Waals surface area contributed by atoms with Gasteiger partial charge in [-0.25, -0.2) is 0 Å². The van der Waals surface area contributed by atoms with Crippen LogP contribution < -0.4 is 15.6 Å². The highest BCUT2D eigenvalue weighted by Crippen LogP contribution is 2.39. The first-order valence-electron chi connectivity index (χ1n) is 9.99. The van der Waals surface area contributed by atoms with E-state index in [1.165, 1.54) is 6.20 Å². The van der Waals surface area contributed by atoms with Gasteiger partial charge >= 0.3 is 0 Å². The summed E-state index contributed by atoms with van der Waals surface area (Å²) < 4.78 is 5.21. The zero-order valence-electron chi connectivity index (χ0n) is 17.1.